The molecule has 0 N–H and O–H groups in total. The minimum absolute atomic E-state index is 0.162. The highest BCUT2D eigenvalue weighted by atomic mass is 35.5. The second-order valence-electron chi connectivity index (χ2n) is 4.97. The van der Waals surface area contributed by atoms with Crippen molar-refractivity contribution < 1.29 is 14.3 Å². The van der Waals surface area contributed by atoms with Gasteiger partial charge in [-0.15, -0.1) is 23.2 Å². The van der Waals surface area contributed by atoms with Crippen molar-refractivity contribution >= 4 is 29.2 Å². The van der Waals surface area contributed by atoms with Crippen molar-refractivity contribution in [2.75, 3.05) is 5.88 Å². The van der Waals surface area contributed by atoms with E-state index in [0.29, 0.717) is 24.5 Å². The van der Waals surface area contributed by atoms with Gasteiger partial charge >= 0.3 is 5.97 Å². The number of carbonyl (C=O) groups excluding carboxylic acids is 1. The predicted octanol–water partition coefficient (Wildman–Crippen LogP) is 5.15. The molecule has 0 fully saturated rings. The minimum Gasteiger partial charge on any atom is -0.460 e. The number of ether oxygens (including phenoxy) is 2. The number of carbonyl (C=O) groups is 1. The number of alkyl halides is 2. The van der Waals surface area contributed by atoms with Gasteiger partial charge < -0.3 is 9.47 Å². The van der Waals surface area contributed by atoms with E-state index in [4.69, 9.17) is 32.7 Å². The zero-order chi connectivity index (χ0) is 16.5. The van der Waals surface area contributed by atoms with Crippen LogP contribution in [0.25, 0.3) is 0 Å². The lowest BCUT2D eigenvalue weighted by Crippen LogP contribution is -2.17. The molecule has 0 radical (unpaired) electrons. The second kappa shape index (κ2) is 9.43. The van der Waals surface area contributed by atoms with Gasteiger partial charge in [-0.1, -0.05) is 30.3 Å². The first kappa shape index (κ1) is 17.6. The lowest BCUT2D eigenvalue weighted by molar-refractivity contribution is -0.144. The molecule has 23 heavy (non-hydrogen) atoms. The smallest absolute Gasteiger partial charge is 0.324 e. The molecule has 0 aromatic heterocycles. The van der Waals surface area contributed by atoms with Gasteiger partial charge in [-0.2, -0.15) is 0 Å². The third-order valence-corrected chi connectivity index (χ3v) is 3.77. The predicted molar refractivity (Wildman–Crippen MR) is 92.3 cm³/mol. The normalized spacial score (nSPS) is 11.7. The van der Waals surface area contributed by atoms with E-state index in [2.05, 4.69) is 0 Å². The summed E-state index contributed by atoms with van der Waals surface area (Å²) in [5, 5.41) is -0.655. The number of esters is 1. The summed E-state index contributed by atoms with van der Waals surface area (Å²) >= 11 is 11.5. The molecule has 0 amide bonds. The first-order valence-corrected chi connectivity index (χ1v) is 8.34. The van der Waals surface area contributed by atoms with Crippen molar-refractivity contribution in [2.45, 2.75) is 24.8 Å². The van der Waals surface area contributed by atoms with Gasteiger partial charge in [-0.05, 0) is 42.7 Å². The van der Waals surface area contributed by atoms with E-state index in [9.17, 15) is 4.79 Å². The minimum atomic E-state index is -0.655. The van der Waals surface area contributed by atoms with Gasteiger partial charge in [-0.3, -0.25) is 4.79 Å². The molecule has 0 saturated carbocycles. The number of hydrogen-bond donors (Lipinski definition) is 0. The maximum absolute atomic E-state index is 11.8. The van der Waals surface area contributed by atoms with Crippen molar-refractivity contribution in [1.82, 2.24) is 0 Å². The Kier molecular flexibility index (Phi) is 7.24. The molecule has 0 aliphatic carbocycles. The van der Waals surface area contributed by atoms with Gasteiger partial charge in [0.1, 0.15) is 23.5 Å². The topological polar surface area (TPSA) is 35.5 Å². The van der Waals surface area contributed by atoms with Crippen LogP contribution in [0.4, 0.5) is 0 Å². The van der Waals surface area contributed by atoms with E-state index in [1.54, 1.807) is 0 Å². The third kappa shape index (κ3) is 6.12. The van der Waals surface area contributed by atoms with Crippen LogP contribution in [-0.4, -0.2) is 17.2 Å². The molecule has 1 unspecified atom stereocenters. The van der Waals surface area contributed by atoms with Crippen LogP contribution >= 0.6 is 23.2 Å². The summed E-state index contributed by atoms with van der Waals surface area (Å²) in [5.74, 6) is 1.50. The Morgan fingerprint density at radius 2 is 1.78 bits per heavy atom. The van der Waals surface area contributed by atoms with Crippen LogP contribution in [0.2, 0.25) is 0 Å². The number of benzene rings is 2. The summed E-state index contributed by atoms with van der Waals surface area (Å²) in [6.45, 7) is 0.162. The zero-order valence-corrected chi connectivity index (χ0v) is 14.1. The Labute approximate surface area is 146 Å². The summed E-state index contributed by atoms with van der Waals surface area (Å²) in [4.78, 5) is 11.8. The average molecular weight is 353 g/mol. The molecule has 0 bridgehead atoms. The monoisotopic (exact) mass is 352 g/mol. The molecule has 0 heterocycles. The maximum atomic E-state index is 11.8. The van der Waals surface area contributed by atoms with Crippen LogP contribution in [0.5, 0.6) is 11.5 Å². The Hall–Kier alpha value is -1.71. The van der Waals surface area contributed by atoms with Crippen LogP contribution in [0.15, 0.2) is 54.6 Å². The van der Waals surface area contributed by atoms with Gasteiger partial charge in [0.05, 0.1) is 0 Å². The Bertz CT molecular complexity index is 617. The molecule has 2 rings (SSSR count). The molecule has 0 saturated heterocycles. The summed E-state index contributed by atoms with van der Waals surface area (Å²) < 4.78 is 11.0. The Morgan fingerprint density at radius 1 is 1.04 bits per heavy atom. The number of para-hydroxylation sites is 1. The second-order valence-corrected chi connectivity index (χ2v) is 5.87. The molecule has 1 atom stereocenters. The van der Waals surface area contributed by atoms with Crippen molar-refractivity contribution in [3.8, 4) is 11.5 Å². The molecule has 3 nitrogen and oxygen atoms in total. The molecule has 2 aromatic carbocycles. The largest absolute Gasteiger partial charge is 0.460 e. The van der Waals surface area contributed by atoms with Crippen molar-refractivity contribution in [2.24, 2.45) is 0 Å². The molecule has 0 spiro atoms. The molecular formula is C18H18Cl2O3. The van der Waals surface area contributed by atoms with E-state index < -0.39 is 11.3 Å². The van der Waals surface area contributed by atoms with Crippen molar-refractivity contribution in [1.29, 1.82) is 0 Å². The van der Waals surface area contributed by atoms with E-state index in [0.717, 1.165) is 11.3 Å². The summed E-state index contributed by atoms with van der Waals surface area (Å²) in [6.07, 6.45) is 1.20. The third-order valence-electron chi connectivity index (χ3n) is 3.11. The first-order chi connectivity index (χ1) is 11.2. The average Bonchev–Trinajstić information content (AvgIpc) is 2.58. The summed E-state index contributed by atoms with van der Waals surface area (Å²) in [5.41, 5.74) is 0.841. The summed E-state index contributed by atoms with van der Waals surface area (Å²) in [7, 11) is 0. The number of hydrogen-bond acceptors (Lipinski definition) is 3. The van der Waals surface area contributed by atoms with E-state index in [-0.39, 0.29) is 6.61 Å². The molecule has 0 aliphatic heterocycles. The van der Waals surface area contributed by atoms with Crippen LogP contribution in [0.1, 0.15) is 18.4 Å². The fourth-order valence-electron chi connectivity index (χ4n) is 1.94. The fourth-order valence-corrected chi connectivity index (χ4v) is 2.31. The van der Waals surface area contributed by atoms with Crippen LogP contribution < -0.4 is 4.74 Å². The highest BCUT2D eigenvalue weighted by Crippen LogP contribution is 2.22. The molecular weight excluding hydrogens is 335 g/mol. The van der Waals surface area contributed by atoms with Crippen LogP contribution in [-0.2, 0) is 16.1 Å². The van der Waals surface area contributed by atoms with Gasteiger partial charge in [0.25, 0.3) is 0 Å². The molecule has 0 aliphatic rings. The van der Waals surface area contributed by atoms with Crippen LogP contribution in [0, 0.1) is 0 Å². The standard InChI is InChI=1S/C18H18Cl2O3/c19-11-5-10-17(20)18(21)22-13-14-6-4-9-16(12-14)23-15-7-2-1-3-8-15/h1-4,6-9,12,17H,5,10-11,13H2. The molecule has 5 heteroatoms. The van der Waals surface area contributed by atoms with Crippen molar-refractivity contribution in [3.63, 3.8) is 0 Å². The zero-order valence-electron chi connectivity index (χ0n) is 12.6. The molecule has 122 valence electrons. The lowest BCUT2D eigenvalue weighted by atomic mass is 10.2. The fraction of sp³-hybridized carbons (Fsp3) is 0.278. The highest BCUT2D eigenvalue weighted by molar-refractivity contribution is 6.29. The van der Waals surface area contributed by atoms with E-state index in [1.807, 2.05) is 54.6 Å². The molecule has 2 aromatic rings. The van der Waals surface area contributed by atoms with Gasteiger partial charge in [0, 0.05) is 5.88 Å². The Morgan fingerprint density at radius 3 is 2.52 bits per heavy atom. The highest BCUT2D eigenvalue weighted by Gasteiger charge is 2.16. The maximum Gasteiger partial charge on any atom is 0.324 e. The van der Waals surface area contributed by atoms with Gasteiger partial charge in [0.15, 0.2) is 0 Å². The van der Waals surface area contributed by atoms with Crippen LogP contribution in [0.3, 0.4) is 0 Å². The van der Waals surface area contributed by atoms with E-state index in [1.165, 1.54) is 0 Å². The quantitative estimate of drug-likeness (QED) is 0.486. The number of rotatable bonds is 8. The van der Waals surface area contributed by atoms with Gasteiger partial charge in [-0.25, -0.2) is 0 Å². The summed E-state index contributed by atoms with van der Waals surface area (Å²) in [6, 6.07) is 16.9. The lowest BCUT2D eigenvalue weighted by Gasteiger charge is -2.10. The van der Waals surface area contributed by atoms with Gasteiger partial charge in [0.2, 0.25) is 0 Å². The number of halogens is 2. The SMILES string of the molecule is O=C(OCc1cccc(Oc2ccccc2)c1)C(Cl)CCCCl. The van der Waals surface area contributed by atoms with E-state index >= 15 is 0 Å². The Balaban J connectivity index is 1.89. The van der Waals surface area contributed by atoms with Crippen molar-refractivity contribution in [3.05, 3.63) is 60.2 Å². The first-order valence-electron chi connectivity index (χ1n) is 7.37.